The van der Waals surface area contributed by atoms with Crippen molar-refractivity contribution in [3.8, 4) is 0 Å². The van der Waals surface area contributed by atoms with Gasteiger partial charge in [-0.1, -0.05) is 30.4 Å². The lowest BCUT2D eigenvalue weighted by Crippen LogP contribution is -2.10. The number of para-hydroxylation sites is 1. The highest BCUT2D eigenvalue weighted by atomic mass is 79.9. The highest BCUT2D eigenvalue weighted by Gasteiger charge is 2.06. The van der Waals surface area contributed by atoms with Gasteiger partial charge in [-0.25, -0.2) is 0 Å². The van der Waals surface area contributed by atoms with E-state index in [1.165, 1.54) is 0 Å². The number of anilines is 2. The van der Waals surface area contributed by atoms with Gasteiger partial charge in [0.1, 0.15) is 4.99 Å². The summed E-state index contributed by atoms with van der Waals surface area (Å²) in [7, 11) is 1.68. The van der Waals surface area contributed by atoms with Gasteiger partial charge in [-0.05, 0) is 40.2 Å². The molecule has 0 aliphatic carbocycles. The van der Waals surface area contributed by atoms with Crippen LogP contribution in [-0.4, -0.2) is 12.1 Å². The lowest BCUT2D eigenvalue weighted by atomic mass is 10.1. The summed E-state index contributed by atoms with van der Waals surface area (Å²) in [5, 5.41) is 3.37. The number of hydrogen-bond acceptors (Lipinski definition) is 3. The topological polar surface area (TPSA) is 47.3 Å². The Morgan fingerprint density at radius 3 is 2.70 bits per heavy atom. The number of nitrogens with one attached hydrogen (secondary N) is 1. The molecule has 0 aliphatic rings. The van der Waals surface area contributed by atoms with E-state index >= 15 is 0 Å². The average molecular weight is 351 g/mol. The van der Waals surface area contributed by atoms with E-state index in [-0.39, 0.29) is 0 Å². The van der Waals surface area contributed by atoms with E-state index in [1.807, 2.05) is 42.5 Å². The molecule has 0 aromatic heterocycles. The van der Waals surface area contributed by atoms with Gasteiger partial charge < -0.3 is 15.8 Å². The van der Waals surface area contributed by atoms with Crippen LogP contribution in [0.1, 0.15) is 11.1 Å². The standard InChI is InChI=1S/C15H15BrN2OS/c1-19-9-10-4-2-3-5-14(10)18-11-6-7-12(15(17)20)13(16)8-11/h2-8,18H,9H2,1H3,(H2,17,20). The summed E-state index contributed by atoms with van der Waals surface area (Å²) < 4.78 is 6.07. The Morgan fingerprint density at radius 1 is 1.30 bits per heavy atom. The fourth-order valence-corrected chi connectivity index (χ4v) is 2.77. The first-order chi connectivity index (χ1) is 9.61. The maximum Gasteiger partial charge on any atom is 0.105 e. The molecule has 0 aliphatic heterocycles. The SMILES string of the molecule is COCc1ccccc1Nc1ccc(C(N)=S)c(Br)c1. The zero-order valence-corrected chi connectivity index (χ0v) is 13.4. The predicted octanol–water partition coefficient (Wildman–Crippen LogP) is 3.97. The highest BCUT2D eigenvalue weighted by molar-refractivity contribution is 9.10. The minimum atomic E-state index is 0.378. The fourth-order valence-electron chi connectivity index (χ4n) is 1.87. The van der Waals surface area contributed by atoms with E-state index in [4.69, 9.17) is 22.7 Å². The Labute approximate surface area is 132 Å². The molecule has 0 saturated heterocycles. The summed E-state index contributed by atoms with van der Waals surface area (Å²) in [6.07, 6.45) is 0. The zero-order valence-electron chi connectivity index (χ0n) is 11.0. The third kappa shape index (κ3) is 3.56. The molecular weight excluding hydrogens is 336 g/mol. The normalized spacial score (nSPS) is 10.3. The van der Waals surface area contributed by atoms with Gasteiger partial charge in [-0.15, -0.1) is 0 Å². The molecule has 0 amide bonds. The van der Waals surface area contributed by atoms with Crippen molar-refractivity contribution in [3.63, 3.8) is 0 Å². The van der Waals surface area contributed by atoms with Crippen molar-refractivity contribution < 1.29 is 4.74 Å². The van der Waals surface area contributed by atoms with Crippen LogP contribution in [0.4, 0.5) is 11.4 Å². The first-order valence-electron chi connectivity index (χ1n) is 6.05. The number of benzene rings is 2. The van der Waals surface area contributed by atoms with Gasteiger partial charge in [-0.3, -0.25) is 0 Å². The summed E-state index contributed by atoms with van der Waals surface area (Å²) >= 11 is 8.47. The third-order valence-electron chi connectivity index (χ3n) is 2.83. The van der Waals surface area contributed by atoms with Gasteiger partial charge in [0.15, 0.2) is 0 Å². The van der Waals surface area contributed by atoms with Crippen LogP contribution < -0.4 is 11.1 Å². The van der Waals surface area contributed by atoms with Crippen LogP contribution in [0.3, 0.4) is 0 Å². The molecule has 5 heteroatoms. The Morgan fingerprint density at radius 2 is 2.05 bits per heavy atom. The molecule has 0 unspecified atom stereocenters. The van der Waals surface area contributed by atoms with Crippen molar-refractivity contribution >= 4 is 44.5 Å². The first kappa shape index (κ1) is 15.0. The molecule has 3 N–H and O–H groups in total. The van der Waals surface area contributed by atoms with Crippen molar-refractivity contribution in [1.29, 1.82) is 0 Å². The molecule has 3 nitrogen and oxygen atoms in total. The number of ether oxygens (including phenoxy) is 1. The van der Waals surface area contributed by atoms with Crippen LogP contribution in [0.2, 0.25) is 0 Å². The second-order valence-corrected chi connectivity index (χ2v) is 5.57. The van der Waals surface area contributed by atoms with Crippen molar-refractivity contribution in [2.45, 2.75) is 6.61 Å². The second-order valence-electron chi connectivity index (χ2n) is 4.27. The number of halogens is 1. The van der Waals surface area contributed by atoms with E-state index in [0.717, 1.165) is 27.0 Å². The number of methoxy groups -OCH3 is 1. The van der Waals surface area contributed by atoms with Crippen molar-refractivity contribution in [1.82, 2.24) is 0 Å². The van der Waals surface area contributed by atoms with Crippen LogP contribution >= 0.6 is 28.1 Å². The molecule has 0 bridgehead atoms. The molecule has 0 fully saturated rings. The largest absolute Gasteiger partial charge is 0.389 e. The molecule has 2 rings (SSSR count). The lowest BCUT2D eigenvalue weighted by molar-refractivity contribution is 0.185. The monoisotopic (exact) mass is 350 g/mol. The van der Waals surface area contributed by atoms with Gasteiger partial charge in [0.2, 0.25) is 0 Å². The second kappa shape index (κ2) is 6.83. The third-order valence-corrected chi connectivity index (χ3v) is 3.71. The molecule has 0 spiro atoms. The number of nitrogens with two attached hydrogens (primary N) is 1. The molecule has 0 radical (unpaired) electrons. The fraction of sp³-hybridized carbons (Fsp3) is 0.133. The van der Waals surface area contributed by atoms with E-state index < -0.39 is 0 Å². The van der Waals surface area contributed by atoms with E-state index in [9.17, 15) is 0 Å². The van der Waals surface area contributed by atoms with Crippen LogP contribution in [-0.2, 0) is 11.3 Å². The Bertz CT molecular complexity index is 631. The quantitative estimate of drug-likeness (QED) is 0.800. The Kier molecular flexibility index (Phi) is 5.11. The Hall–Kier alpha value is -1.43. The van der Waals surface area contributed by atoms with Gasteiger partial charge in [0.25, 0.3) is 0 Å². The van der Waals surface area contributed by atoms with Crippen molar-refractivity contribution in [3.05, 3.63) is 58.1 Å². The van der Waals surface area contributed by atoms with Crippen LogP contribution in [0.25, 0.3) is 0 Å². The minimum absolute atomic E-state index is 0.378. The maximum atomic E-state index is 5.65. The summed E-state index contributed by atoms with van der Waals surface area (Å²) in [5.41, 5.74) is 9.55. The predicted molar refractivity (Wildman–Crippen MR) is 90.5 cm³/mol. The summed E-state index contributed by atoms with van der Waals surface area (Å²) in [6, 6.07) is 13.8. The van der Waals surface area contributed by atoms with Gasteiger partial charge in [0, 0.05) is 34.1 Å². The summed E-state index contributed by atoms with van der Waals surface area (Å²) in [5.74, 6) is 0. The number of rotatable bonds is 5. The molecule has 0 heterocycles. The molecule has 104 valence electrons. The molecule has 2 aromatic rings. The number of hydrogen-bond donors (Lipinski definition) is 2. The molecule has 20 heavy (non-hydrogen) atoms. The molecular formula is C15H15BrN2OS. The Balaban J connectivity index is 2.26. The lowest BCUT2D eigenvalue weighted by Gasteiger charge is -2.12. The summed E-state index contributed by atoms with van der Waals surface area (Å²) in [6.45, 7) is 0.565. The summed E-state index contributed by atoms with van der Waals surface area (Å²) in [4.78, 5) is 0.378. The molecule has 0 saturated carbocycles. The van der Waals surface area contributed by atoms with Crippen molar-refractivity contribution in [2.75, 3.05) is 12.4 Å². The molecule has 2 aromatic carbocycles. The first-order valence-corrected chi connectivity index (χ1v) is 7.25. The van der Waals surface area contributed by atoms with Gasteiger partial charge >= 0.3 is 0 Å². The van der Waals surface area contributed by atoms with E-state index in [1.54, 1.807) is 7.11 Å². The minimum Gasteiger partial charge on any atom is -0.389 e. The van der Waals surface area contributed by atoms with Crippen molar-refractivity contribution in [2.24, 2.45) is 5.73 Å². The van der Waals surface area contributed by atoms with E-state index in [2.05, 4.69) is 21.2 Å². The van der Waals surface area contributed by atoms with Gasteiger partial charge in [-0.2, -0.15) is 0 Å². The van der Waals surface area contributed by atoms with Crippen LogP contribution in [0.5, 0.6) is 0 Å². The molecule has 0 atom stereocenters. The highest BCUT2D eigenvalue weighted by Crippen LogP contribution is 2.26. The van der Waals surface area contributed by atoms with Gasteiger partial charge in [0.05, 0.1) is 6.61 Å². The van der Waals surface area contributed by atoms with Crippen LogP contribution in [0.15, 0.2) is 46.9 Å². The van der Waals surface area contributed by atoms with Crippen LogP contribution in [0, 0.1) is 0 Å². The zero-order chi connectivity index (χ0) is 14.5. The smallest absolute Gasteiger partial charge is 0.105 e. The van der Waals surface area contributed by atoms with E-state index in [0.29, 0.717) is 11.6 Å². The maximum absolute atomic E-state index is 5.65. The number of thiocarbonyl (C=S) groups is 1. The average Bonchev–Trinajstić information content (AvgIpc) is 2.41.